The minimum Gasteiger partial charge on any atom is -0.207 e. The van der Waals surface area contributed by atoms with Crippen LogP contribution in [-0.4, -0.2) is 0 Å². The zero-order valence-corrected chi connectivity index (χ0v) is 9.68. The quantitative estimate of drug-likeness (QED) is 0.825. The van der Waals surface area contributed by atoms with Gasteiger partial charge in [-0.3, -0.25) is 0 Å². The van der Waals surface area contributed by atoms with Gasteiger partial charge in [-0.05, 0) is 19.1 Å². The molecule has 0 amide bonds. The zero-order chi connectivity index (χ0) is 11.5. The van der Waals surface area contributed by atoms with E-state index in [2.05, 4.69) is 15.9 Å². The molecule has 0 aromatic heterocycles. The lowest BCUT2D eigenvalue weighted by molar-refractivity contribution is 0.541. The topological polar surface area (TPSA) is 47.6 Å². The predicted molar refractivity (Wildman–Crippen MR) is 57.3 cm³/mol. The number of rotatable bonds is 2. The van der Waals surface area contributed by atoms with Gasteiger partial charge in [0.15, 0.2) is 0 Å². The van der Waals surface area contributed by atoms with Gasteiger partial charge in [0, 0.05) is 10.0 Å². The van der Waals surface area contributed by atoms with Gasteiger partial charge in [0.1, 0.15) is 5.82 Å². The third-order valence-corrected chi connectivity index (χ3v) is 2.85. The molecule has 76 valence electrons. The van der Waals surface area contributed by atoms with Crippen molar-refractivity contribution in [3.8, 4) is 12.1 Å². The standard InChI is InChI=1S/C11H8BrFN2/c1-11(7-15,5-6-14)10-8(12)3-2-4-9(10)13/h2-4H,5H2,1H3. The summed E-state index contributed by atoms with van der Waals surface area (Å²) in [5.41, 5.74) is -0.868. The van der Waals surface area contributed by atoms with Crippen LogP contribution in [-0.2, 0) is 5.41 Å². The van der Waals surface area contributed by atoms with Crippen LogP contribution in [0.1, 0.15) is 18.9 Å². The van der Waals surface area contributed by atoms with E-state index in [1.807, 2.05) is 12.1 Å². The Morgan fingerprint density at radius 3 is 2.60 bits per heavy atom. The van der Waals surface area contributed by atoms with E-state index in [-0.39, 0.29) is 12.0 Å². The van der Waals surface area contributed by atoms with Crippen LogP contribution >= 0.6 is 15.9 Å². The molecule has 2 nitrogen and oxygen atoms in total. The monoisotopic (exact) mass is 266 g/mol. The van der Waals surface area contributed by atoms with Gasteiger partial charge in [0.05, 0.1) is 24.0 Å². The molecule has 1 aromatic rings. The summed E-state index contributed by atoms with van der Waals surface area (Å²) in [7, 11) is 0. The lowest BCUT2D eigenvalue weighted by Crippen LogP contribution is -2.21. The van der Waals surface area contributed by atoms with Crippen molar-refractivity contribution in [3.05, 3.63) is 34.1 Å². The van der Waals surface area contributed by atoms with Crippen LogP contribution in [0, 0.1) is 28.5 Å². The number of benzene rings is 1. The van der Waals surface area contributed by atoms with Crippen molar-refractivity contribution in [1.29, 1.82) is 10.5 Å². The largest absolute Gasteiger partial charge is 0.207 e. The van der Waals surface area contributed by atoms with Crippen molar-refractivity contribution < 1.29 is 4.39 Å². The van der Waals surface area contributed by atoms with Crippen molar-refractivity contribution in [2.75, 3.05) is 0 Å². The second-order valence-corrected chi connectivity index (χ2v) is 4.23. The first-order valence-corrected chi connectivity index (χ1v) is 5.07. The smallest absolute Gasteiger partial charge is 0.129 e. The molecule has 4 heteroatoms. The maximum Gasteiger partial charge on any atom is 0.129 e. The Morgan fingerprint density at radius 2 is 2.13 bits per heavy atom. The Labute approximate surface area is 96.1 Å². The summed E-state index contributed by atoms with van der Waals surface area (Å²) in [5.74, 6) is -0.469. The number of nitrogens with zero attached hydrogens (tertiary/aromatic N) is 2. The van der Waals surface area contributed by atoms with Crippen LogP contribution in [0.3, 0.4) is 0 Å². The van der Waals surface area contributed by atoms with Gasteiger partial charge in [-0.1, -0.05) is 22.0 Å². The molecule has 0 aliphatic carbocycles. The van der Waals surface area contributed by atoms with Crippen molar-refractivity contribution in [3.63, 3.8) is 0 Å². The molecule has 0 aliphatic rings. The third-order valence-electron chi connectivity index (χ3n) is 2.19. The fourth-order valence-electron chi connectivity index (χ4n) is 1.37. The molecular formula is C11H8BrFN2. The molecule has 0 N–H and O–H groups in total. The average molecular weight is 267 g/mol. The summed E-state index contributed by atoms with van der Waals surface area (Å²) in [6.45, 7) is 1.55. The Morgan fingerprint density at radius 1 is 1.47 bits per heavy atom. The van der Waals surface area contributed by atoms with Crippen molar-refractivity contribution >= 4 is 15.9 Å². The number of nitriles is 2. The number of halogens is 2. The summed E-state index contributed by atoms with van der Waals surface area (Å²) >= 11 is 3.19. The number of hydrogen-bond acceptors (Lipinski definition) is 2. The van der Waals surface area contributed by atoms with E-state index < -0.39 is 11.2 Å². The minimum atomic E-state index is -1.11. The van der Waals surface area contributed by atoms with Crippen molar-refractivity contribution in [1.82, 2.24) is 0 Å². The average Bonchev–Trinajstić information content (AvgIpc) is 2.18. The molecule has 1 aromatic carbocycles. The summed E-state index contributed by atoms with van der Waals surface area (Å²) in [6.07, 6.45) is -0.0387. The minimum absolute atomic E-state index is 0.0387. The first kappa shape index (κ1) is 11.7. The maximum atomic E-state index is 13.6. The van der Waals surface area contributed by atoms with E-state index in [0.29, 0.717) is 4.47 Å². The second-order valence-electron chi connectivity index (χ2n) is 3.38. The molecule has 1 atom stereocenters. The summed E-state index contributed by atoms with van der Waals surface area (Å²) in [6, 6.07) is 8.38. The first-order chi connectivity index (χ1) is 7.05. The lowest BCUT2D eigenvalue weighted by Gasteiger charge is -2.20. The van der Waals surface area contributed by atoms with Gasteiger partial charge in [-0.25, -0.2) is 4.39 Å². The van der Waals surface area contributed by atoms with E-state index in [1.165, 1.54) is 6.07 Å². The van der Waals surface area contributed by atoms with E-state index in [4.69, 9.17) is 10.5 Å². The normalized spacial score (nSPS) is 13.7. The van der Waals surface area contributed by atoms with E-state index in [0.717, 1.165) is 0 Å². The molecule has 0 radical (unpaired) electrons. The van der Waals surface area contributed by atoms with E-state index >= 15 is 0 Å². The van der Waals surface area contributed by atoms with Crippen LogP contribution in [0.5, 0.6) is 0 Å². The van der Waals surface area contributed by atoms with Crippen LogP contribution < -0.4 is 0 Å². The first-order valence-electron chi connectivity index (χ1n) is 4.28. The van der Waals surface area contributed by atoms with Gasteiger partial charge in [-0.15, -0.1) is 0 Å². The van der Waals surface area contributed by atoms with Crippen LogP contribution in [0.4, 0.5) is 4.39 Å². The highest BCUT2D eigenvalue weighted by Crippen LogP contribution is 2.34. The SMILES string of the molecule is CC(C#N)(CC#N)c1c(F)cccc1Br. The highest BCUT2D eigenvalue weighted by Gasteiger charge is 2.31. The van der Waals surface area contributed by atoms with Crippen LogP contribution in [0.15, 0.2) is 22.7 Å². The van der Waals surface area contributed by atoms with Gasteiger partial charge in [0.25, 0.3) is 0 Å². The molecule has 0 spiro atoms. The molecular weight excluding hydrogens is 259 g/mol. The number of hydrogen-bond donors (Lipinski definition) is 0. The van der Waals surface area contributed by atoms with Gasteiger partial charge in [-0.2, -0.15) is 10.5 Å². The molecule has 0 bridgehead atoms. The highest BCUT2D eigenvalue weighted by atomic mass is 79.9. The van der Waals surface area contributed by atoms with E-state index in [9.17, 15) is 4.39 Å². The molecule has 0 heterocycles. The molecule has 0 saturated heterocycles. The molecule has 0 aliphatic heterocycles. The maximum absolute atomic E-state index is 13.6. The Bertz CT molecular complexity index is 438. The fraction of sp³-hybridized carbons (Fsp3) is 0.273. The third kappa shape index (κ3) is 2.16. The lowest BCUT2D eigenvalue weighted by atomic mass is 9.81. The van der Waals surface area contributed by atoms with Gasteiger partial charge in [0.2, 0.25) is 0 Å². The summed E-state index contributed by atoms with van der Waals surface area (Å²) < 4.78 is 14.1. The Hall–Kier alpha value is -1.39. The molecule has 0 saturated carbocycles. The van der Waals surface area contributed by atoms with Gasteiger partial charge < -0.3 is 0 Å². The fourth-order valence-corrected chi connectivity index (χ4v) is 2.15. The molecule has 1 rings (SSSR count). The second kappa shape index (κ2) is 4.42. The van der Waals surface area contributed by atoms with Crippen molar-refractivity contribution in [2.24, 2.45) is 0 Å². The molecule has 1 unspecified atom stereocenters. The van der Waals surface area contributed by atoms with E-state index in [1.54, 1.807) is 19.1 Å². The zero-order valence-electron chi connectivity index (χ0n) is 8.09. The molecule has 15 heavy (non-hydrogen) atoms. The Kier molecular flexibility index (Phi) is 3.44. The van der Waals surface area contributed by atoms with Crippen LogP contribution in [0.2, 0.25) is 0 Å². The summed E-state index contributed by atoms with van der Waals surface area (Å²) in [4.78, 5) is 0. The van der Waals surface area contributed by atoms with Crippen LogP contribution in [0.25, 0.3) is 0 Å². The van der Waals surface area contributed by atoms with Gasteiger partial charge >= 0.3 is 0 Å². The highest BCUT2D eigenvalue weighted by molar-refractivity contribution is 9.10. The predicted octanol–water partition coefficient (Wildman–Crippen LogP) is 3.28. The summed E-state index contributed by atoms with van der Waals surface area (Å²) in [5, 5.41) is 17.7. The van der Waals surface area contributed by atoms with Crippen molar-refractivity contribution in [2.45, 2.75) is 18.8 Å². The Balaban J connectivity index is 3.38. The molecule has 0 fully saturated rings.